The van der Waals surface area contributed by atoms with Crippen LogP contribution in [-0.2, 0) is 9.05 Å². The standard InChI is InChI=1S/C9H8ClF3O4S/c1-2-16-6-3-4-8(18(10,14)15)7(5-6)17-9(11,12)13/h3-5H,2H2,1H3. The zero-order valence-electron chi connectivity index (χ0n) is 8.99. The highest BCUT2D eigenvalue weighted by atomic mass is 35.7. The minimum atomic E-state index is -5.03. The molecule has 0 spiro atoms. The Morgan fingerprint density at radius 1 is 1.33 bits per heavy atom. The van der Waals surface area contributed by atoms with Crippen molar-refractivity contribution in [1.29, 1.82) is 0 Å². The van der Waals surface area contributed by atoms with Crippen LogP contribution in [0.15, 0.2) is 23.1 Å². The summed E-state index contributed by atoms with van der Waals surface area (Å²) in [6, 6.07) is 2.88. The quantitative estimate of drug-likeness (QED) is 0.803. The second-order valence-electron chi connectivity index (χ2n) is 3.03. The smallest absolute Gasteiger partial charge is 0.494 e. The lowest BCUT2D eigenvalue weighted by molar-refractivity contribution is -0.275. The Labute approximate surface area is 106 Å². The second-order valence-corrected chi connectivity index (χ2v) is 5.56. The van der Waals surface area contributed by atoms with Crippen molar-refractivity contribution < 1.29 is 31.1 Å². The summed E-state index contributed by atoms with van der Waals surface area (Å²) in [6.07, 6.45) is -5.03. The fourth-order valence-corrected chi connectivity index (χ4v) is 2.10. The lowest BCUT2D eigenvalue weighted by Gasteiger charge is -2.13. The Bertz CT molecular complexity index is 527. The molecule has 4 nitrogen and oxygen atoms in total. The molecule has 0 radical (unpaired) electrons. The first kappa shape index (κ1) is 14.9. The van der Waals surface area contributed by atoms with Crippen molar-refractivity contribution >= 4 is 19.7 Å². The van der Waals surface area contributed by atoms with Crippen LogP contribution >= 0.6 is 10.7 Å². The Morgan fingerprint density at radius 3 is 2.39 bits per heavy atom. The number of ether oxygens (including phenoxy) is 2. The van der Waals surface area contributed by atoms with E-state index in [0.717, 1.165) is 12.1 Å². The molecule has 0 saturated heterocycles. The molecule has 0 unspecified atom stereocenters. The Hall–Kier alpha value is -1.15. The third-order valence-corrected chi connectivity index (χ3v) is 3.08. The number of hydrogen-bond donors (Lipinski definition) is 0. The highest BCUT2D eigenvalue weighted by molar-refractivity contribution is 8.13. The van der Waals surface area contributed by atoms with Gasteiger partial charge in [0.25, 0.3) is 9.05 Å². The molecule has 0 aliphatic rings. The van der Waals surface area contributed by atoms with Crippen molar-refractivity contribution in [3.05, 3.63) is 18.2 Å². The summed E-state index contributed by atoms with van der Waals surface area (Å²) in [5.74, 6) is -0.885. The summed E-state index contributed by atoms with van der Waals surface area (Å²) < 4.78 is 67.1. The maximum atomic E-state index is 12.1. The van der Waals surface area contributed by atoms with Crippen molar-refractivity contribution in [3.8, 4) is 11.5 Å². The summed E-state index contributed by atoms with van der Waals surface area (Å²) in [5, 5.41) is 0. The summed E-state index contributed by atoms with van der Waals surface area (Å²) >= 11 is 0. The van der Waals surface area contributed by atoms with E-state index in [9.17, 15) is 21.6 Å². The SMILES string of the molecule is CCOc1ccc(S(=O)(=O)Cl)c(OC(F)(F)F)c1. The Morgan fingerprint density at radius 2 is 1.94 bits per heavy atom. The molecule has 1 aromatic carbocycles. The first-order valence-electron chi connectivity index (χ1n) is 4.60. The van der Waals surface area contributed by atoms with Gasteiger partial charge in [0.05, 0.1) is 6.61 Å². The van der Waals surface area contributed by atoms with Gasteiger partial charge in [-0.2, -0.15) is 0 Å². The van der Waals surface area contributed by atoms with Gasteiger partial charge in [-0.25, -0.2) is 8.42 Å². The van der Waals surface area contributed by atoms with Crippen LogP contribution < -0.4 is 9.47 Å². The molecular formula is C9H8ClF3O4S. The van der Waals surface area contributed by atoms with Crippen molar-refractivity contribution in [1.82, 2.24) is 0 Å². The molecule has 0 aromatic heterocycles. The molecule has 102 valence electrons. The van der Waals surface area contributed by atoms with Crippen molar-refractivity contribution in [2.75, 3.05) is 6.61 Å². The lowest BCUT2D eigenvalue weighted by atomic mass is 10.3. The van der Waals surface area contributed by atoms with Gasteiger partial charge in [0.15, 0.2) is 5.75 Å². The van der Waals surface area contributed by atoms with E-state index in [-0.39, 0.29) is 12.4 Å². The van der Waals surface area contributed by atoms with Gasteiger partial charge in [-0.15, -0.1) is 13.2 Å². The van der Waals surface area contributed by atoms with Crippen LogP contribution in [-0.4, -0.2) is 21.4 Å². The summed E-state index contributed by atoms with van der Waals surface area (Å²) in [7, 11) is 0.660. The topological polar surface area (TPSA) is 52.6 Å². The molecule has 0 bridgehead atoms. The number of rotatable bonds is 4. The molecule has 1 aromatic rings. The normalized spacial score (nSPS) is 12.3. The van der Waals surface area contributed by atoms with Gasteiger partial charge < -0.3 is 9.47 Å². The maximum absolute atomic E-state index is 12.1. The molecule has 0 saturated carbocycles. The van der Waals surface area contributed by atoms with Crippen LogP contribution in [0.1, 0.15) is 6.92 Å². The number of hydrogen-bond acceptors (Lipinski definition) is 4. The number of alkyl halides is 3. The maximum Gasteiger partial charge on any atom is 0.573 e. The molecule has 0 N–H and O–H groups in total. The molecule has 9 heteroatoms. The zero-order chi connectivity index (χ0) is 14.0. The van der Waals surface area contributed by atoms with E-state index in [1.54, 1.807) is 6.92 Å². The van der Waals surface area contributed by atoms with Crippen LogP contribution in [0.4, 0.5) is 13.2 Å². The lowest BCUT2D eigenvalue weighted by Crippen LogP contribution is -2.18. The van der Waals surface area contributed by atoms with Crippen molar-refractivity contribution in [2.45, 2.75) is 18.2 Å². The van der Waals surface area contributed by atoms with Gasteiger partial charge in [0.1, 0.15) is 10.6 Å². The first-order valence-corrected chi connectivity index (χ1v) is 6.91. The number of benzene rings is 1. The third-order valence-electron chi connectivity index (χ3n) is 1.71. The first-order chi connectivity index (χ1) is 8.13. The van der Waals surface area contributed by atoms with Crippen LogP contribution in [0.5, 0.6) is 11.5 Å². The highest BCUT2D eigenvalue weighted by Crippen LogP contribution is 2.34. The Kier molecular flexibility index (Phi) is 4.33. The van der Waals surface area contributed by atoms with Gasteiger partial charge in [0, 0.05) is 16.7 Å². The fourth-order valence-electron chi connectivity index (χ4n) is 1.15. The minimum absolute atomic E-state index is 0.0424. The van der Waals surface area contributed by atoms with E-state index < -0.39 is 26.1 Å². The van der Waals surface area contributed by atoms with Gasteiger partial charge in [-0.05, 0) is 19.1 Å². The van der Waals surface area contributed by atoms with Crippen LogP contribution in [0.25, 0.3) is 0 Å². The number of halogens is 4. The van der Waals surface area contributed by atoms with Gasteiger partial charge in [-0.3, -0.25) is 0 Å². The summed E-state index contributed by atoms with van der Waals surface area (Å²) in [4.78, 5) is -0.773. The van der Waals surface area contributed by atoms with Gasteiger partial charge in [-0.1, -0.05) is 0 Å². The van der Waals surface area contributed by atoms with Gasteiger partial charge in [0.2, 0.25) is 0 Å². The van der Waals surface area contributed by atoms with Gasteiger partial charge >= 0.3 is 6.36 Å². The molecule has 0 atom stereocenters. The fraction of sp³-hybridized carbons (Fsp3) is 0.333. The van der Waals surface area contributed by atoms with Crippen molar-refractivity contribution in [3.63, 3.8) is 0 Å². The predicted molar refractivity (Wildman–Crippen MR) is 57.3 cm³/mol. The minimum Gasteiger partial charge on any atom is -0.494 e. The van der Waals surface area contributed by atoms with E-state index in [4.69, 9.17) is 15.4 Å². The van der Waals surface area contributed by atoms with E-state index in [1.807, 2.05) is 0 Å². The monoisotopic (exact) mass is 304 g/mol. The predicted octanol–water partition coefficient (Wildman–Crippen LogP) is 2.91. The molecular weight excluding hydrogens is 297 g/mol. The highest BCUT2D eigenvalue weighted by Gasteiger charge is 2.34. The largest absolute Gasteiger partial charge is 0.573 e. The average molecular weight is 305 g/mol. The molecule has 0 amide bonds. The Balaban J connectivity index is 3.27. The summed E-state index contributed by atoms with van der Waals surface area (Å²) in [6.45, 7) is 1.83. The molecule has 0 heterocycles. The molecule has 1 rings (SSSR count). The van der Waals surface area contributed by atoms with E-state index >= 15 is 0 Å². The van der Waals surface area contributed by atoms with Crippen LogP contribution in [0, 0.1) is 0 Å². The molecule has 18 heavy (non-hydrogen) atoms. The third kappa shape index (κ3) is 4.26. The van der Waals surface area contributed by atoms with Crippen molar-refractivity contribution in [2.24, 2.45) is 0 Å². The zero-order valence-corrected chi connectivity index (χ0v) is 10.6. The van der Waals surface area contributed by atoms with E-state index in [1.165, 1.54) is 6.07 Å². The second kappa shape index (κ2) is 5.23. The van der Waals surface area contributed by atoms with Crippen LogP contribution in [0.3, 0.4) is 0 Å². The molecule has 0 aliphatic carbocycles. The summed E-state index contributed by atoms with van der Waals surface area (Å²) in [5.41, 5.74) is 0. The van der Waals surface area contributed by atoms with Crippen LogP contribution in [0.2, 0.25) is 0 Å². The van der Waals surface area contributed by atoms with E-state index in [0.29, 0.717) is 0 Å². The molecule has 0 aliphatic heterocycles. The van der Waals surface area contributed by atoms with E-state index in [2.05, 4.69) is 4.74 Å². The molecule has 0 fully saturated rings. The average Bonchev–Trinajstić information content (AvgIpc) is 2.13.